The number of methoxy groups -OCH3 is 1. The van der Waals surface area contributed by atoms with E-state index in [1.165, 1.54) is 58.3 Å². The van der Waals surface area contributed by atoms with Gasteiger partial charge in [-0.3, -0.25) is 4.79 Å². The second-order valence-electron chi connectivity index (χ2n) is 8.18. The van der Waals surface area contributed by atoms with Crippen LogP contribution in [0.5, 0.6) is 11.5 Å². The van der Waals surface area contributed by atoms with Crippen LogP contribution >= 0.6 is 15.9 Å². The molecule has 0 atom stereocenters. The predicted octanol–water partition coefficient (Wildman–Crippen LogP) is 7.05. The van der Waals surface area contributed by atoms with Gasteiger partial charge in [0.2, 0.25) is 5.91 Å². The lowest BCUT2D eigenvalue weighted by atomic mass is 10.1. The van der Waals surface area contributed by atoms with Gasteiger partial charge in [0.25, 0.3) is 0 Å². The second-order valence-corrected chi connectivity index (χ2v) is 9.10. The van der Waals surface area contributed by atoms with Gasteiger partial charge in [0.15, 0.2) is 11.5 Å². The van der Waals surface area contributed by atoms with E-state index in [1.54, 1.807) is 36.4 Å². The van der Waals surface area contributed by atoms with Gasteiger partial charge in [-0.25, -0.2) is 10.2 Å². The van der Waals surface area contributed by atoms with Crippen molar-refractivity contribution in [1.82, 2.24) is 5.43 Å². The summed E-state index contributed by atoms with van der Waals surface area (Å²) in [5.74, 6) is 0.128. The van der Waals surface area contributed by atoms with E-state index in [2.05, 4.69) is 33.4 Å². The zero-order valence-corrected chi connectivity index (χ0v) is 21.7. The Morgan fingerprint density at radius 2 is 1.65 bits per heavy atom. The first-order valence-electron chi connectivity index (χ1n) is 12.0. The molecule has 184 valence electrons. The third-order valence-electron chi connectivity index (χ3n) is 5.36. The normalized spacial score (nSPS) is 10.9. The molecule has 0 aliphatic heterocycles. The number of nitrogens with zero attached hydrogens (tertiary/aromatic N) is 1. The van der Waals surface area contributed by atoms with Gasteiger partial charge in [0, 0.05) is 10.9 Å². The van der Waals surface area contributed by atoms with Gasteiger partial charge in [0.1, 0.15) is 0 Å². The van der Waals surface area contributed by atoms with Gasteiger partial charge in [-0.15, -0.1) is 0 Å². The molecular weight excluding hydrogens is 496 g/mol. The first kappa shape index (κ1) is 27.6. The van der Waals surface area contributed by atoms with Crippen LogP contribution in [0.25, 0.3) is 0 Å². The molecule has 0 unspecified atom stereocenters. The number of hydrogen-bond acceptors (Lipinski definition) is 5. The van der Waals surface area contributed by atoms with Crippen molar-refractivity contribution in [3.63, 3.8) is 0 Å². The van der Waals surface area contributed by atoms with Crippen LogP contribution in [0.2, 0.25) is 0 Å². The summed E-state index contributed by atoms with van der Waals surface area (Å²) in [4.78, 5) is 24.4. The van der Waals surface area contributed by atoms with Crippen LogP contribution in [0.1, 0.15) is 87.1 Å². The SMILES string of the molecule is CCCCCCCCCCCC(=O)N/N=C/c1ccc(OC(=O)c2cccc(Br)c2)c(OC)c1. The highest BCUT2D eigenvalue weighted by atomic mass is 79.9. The molecule has 2 aromatic rings. The minimum atomic E-state index is -0.482. The number of rotatable bonds is 15. The summed E-state index contributed by atoms with van der Waals surface area (Å²) in [5.41, 5.74) is 3.71. The molecule has 2 rings (SSSR count). The van der Waals surface area contributed by atoms with Gasteiger partial charge in [-0.2, -0.15) is 5.10 Å². The number of benzene rings is 2. The molecule has 0 radical (unpaired) electrons. The molecule has 0 saturated carbocycles. The molecule has 0 spiro atoms. The van der Waals surface area contributed by atoms with Gasteiger partial charge in [0.05, 0.1) is 18.9 Å². The molecule has 0 aromatic heterocycles. The topological polar surface area (TPSA) is 77.0 Å². The number of esters is 1. The summed E-state index contributed by atoms with van der Waals surface area (Å²) >= 11 is 3.34. The van der Waals surface area contributed by atoms with E-state index < -0.39 is 5.97 Å². The summed E-state index contributed by atoms with van der Waals surface area (Å²) < 4.78 is 11.6. The molecule has 0 fully saturated rings. The molecule has 1 amide bonds. The maximum atomic E-state index is 12.4. The van der Waals surface area contributed by atoms with Crippen molar-refractivity contribution in [3.8, 4) is 11.5 Å². The molecule has 0 bridgehead atoms. The summed E-state index contributed by atoms with van der Waals surface area (Å²) in [5, 5.41) is 4.03. The van der Waals surface area contributed by atoms with E-state index in [0.29, 0.717) is 29.0 Å². The smallest absolute Gasteiger partial charge is 0.343 e. The van der Waals surface area contributed by atoms with Crippen LogP contribution in [0.3, 0.4) is 0 Å². The highest BCUT2D eigenvalue weighted by molar-refractivity contribution is 9.10. The van der Waals surface area contributed by atoms with Gasteiger partial charge >= 0.3 is 5.97 Å². The Balaban J connectivity index is 1.74. The van der Waals surface area contributed by atoms with E-state index in [-0.39, 0.29) is 5.91 Å². The Labute approximate surface area is 211 Å². The number of carbonyl (C=O) groups is 2. The molecule has 0 saturated heterocycles. The second kappa shape index (κ2) is 16.0. The van der Waals surface area contributed by atoms with Crippen molar-refractivity contribution in [2.45, 2.75) is 71.1 Å². The van der Waals surface area contributed by atoms with Crippen molar-refractivity contribution < 1.29 is 19.1 Å². The first-order chi connectivity index (χ1) is 16.5. The Hall–Kier alpha value is -2.67. The minimum Gasteiger partial charge on any atom is -0.493 e. The first-order valence-corrected chi connectivity index (χ1v) is 12.8. The molecule has 6 nitrogen and oxygen atoms in total. The minimum absolute atomic E-state index is 0.0919. The summed E-state index contributed by atoms with van der Waals surface area (Å²) in [7, 11) is 1.50. The van der Waals surface area contributed by atoms with E-state index in [0.717, 1.165) is 17.3 Å². The molecule has 2 aromatic carbocycles. The number of hydrogen-bond donors (Lipinski definition) is 1. The molecule has 7 heteroatoms. The van der Waals surface area contributed by atoms with Crippen molar-refractivity contribution in [2.75, 3.05) is 7.11 Å². The molecule has 1 N–H and O–H groups in total. The Morgan fingerprint density at radius 1 is 0.941 bits per heavy atom. The average Bonchev–Trinajstić information content (AvgIpc) is 2.83. The fourth-order valence-electron chi connectivity index (χ4n) is 3.45. The number of amides is 1. The third-order valence-corrected chi connectivity index (χ3v) is 5.85. The van der Waals surface area contributed by atoms with Crippen LogP contribution in [0.15, 0.2) is 52.0 Å². The van der Waals surface area contributed by atoms with Crippen molar-refractivity contribution in [3.05, 3.63) is 58.1 Å². The quantitative estimate of drug-likeness (QED) is 0.0879. The van der Waals surface area contributed by atoms with Crippen LogP contribution in [0, 0.1) is 0 Å². The van der Waals surface area contributed by atoms with Crippen molar-refractivity contribution in [2.24, 2.45) is 5.10 Å². The number of nitrogens with one attached hydrogen (secondary N) is 1. The maximum Gasteiger partial charge on any atom is 0.343 e. The number of carbonyl (C=O) groups excluding carboxylic acids is 2. The van der Waals surface area contributed by atoms with E-state index in [4.69, 9.17) is 9.47 Å². The maximum absolute atomic E-state index is 12.4. The molecule has 0 heterocycles. The largest absolute Gasteiger partial charge is 0.493 e. The number of hydrazone groups is 1. The summed E-state index contributed by atoms with van der Waals surface area (Å²) in [6.45, 7) is 2.23. The lowest BCUT2D eigenvalue weighted by Crippen LogP contribution is -2.16. The van der Waals surface area contributed by atoms with E-state index >= 15 is 0 Å². The van der Waals surface area contributed by atoms with Crippen LogP contribution < -0.4 is 14.9 Å². The molecule has 34 heavy (non-hydrogen) atoms. The van der Waals surface area contributed by atoms with Crippen molar-refractivity contribution >= 4 is 34.0 Å². The van der Waals surface area contributed by atoms with Crippen LogP contribution in [-0.4, -0.2) is 25.2 Å². The fraction of sp³-hybridized carbons (Fsp3) is 0.444. The van der Waals surface area contributed by atoms with Gasteiger partial charge < -0.3 is 9.47 Å². The van der Waals surface area contributed by atoms with Gasteiger partial charge in [-0.05, 0) is 48.4 Å². The Bertz CT molecular complexity index is 946. The standard InChI is InChI=1S/C27H35BrN2O4/c1-3-4-5-6-7-8-9-10-11-15-26(31)30-29-20-21-16-17-24(25(18-21)33-2)34-27(32)22-13-12-14-23(28)19-22/h12-14,16-20H,3-11,15H2,1-2H3,(H,30,31)/b29-20+. The zero-order valence-electron chi connectivity index (χ0n) is 20.1. The summed E-state index contributed by atoms with van der Waals surface area (Å²) in [6.07, 6.45) is 13.0. The highest BCUT2D eigenvalue weighted by Gasteiger charge is 2.13. The zero-order chi connectivity index (χ0) is 24.6. The number of ether oxygens (including phenoxy) is 2. The monoisotopic (exact) mass is 530 g/mol. The molecule has 0 aliphatic carbocycles. The van der Waals surface area contributed by atoms with E-state index in [1.807, 2.05) is 6.07 Å². The number of halogens is 1. The van der Waals surface area contributed by atoms with Gasteiger partial charge in [-0.1, -0.05) is 80.3 Å². The number of unbranched alkanes of at least 4 members (excludes halogenated alkanes) is 8. The van der Waals surface area contributed by atoms with Crippen LogP contribution in [-0.2, 0) is 4.79 Å². The highest BCUT2D eigenvalue weighted by Crippen LogP contribution is 2.28. The van der Waals surface area contributed by atoms with Crippen LogP contribution in [0.4, 0.5) is 0 Å². The summed E-state index contributed by atoms with van der Waals surface area (Å²) in [6, 6.07) is 12.0. The van der Waals surface area contributed by atoms with Crippen molar-refractivity contribution in [1.29, 1.82) is 0 Å². The Morgan fingerprint density at radius 3 is 2.32 bits per heavy atom. The molecular formula is C27H35BrN2O4. The lowest BCUT2D eigenvalue weighted by Gasteiger charge is -2.10. The third kappa shape index (κ3) is 10.5. The predicted molar refractivity (Wildman–Crippen MR) is 140 cm³/mol. The Kier molecular flexibility index (Phi) is 13.0. The average molecular weight is 531 g/mol. The molecule has 0 aliphatic rings. The lowest BCUT2D eigenvalue weighted by molar-refractivity contribution is -0.121. The van der Waals surface area contributed by atoms with E-state index in [9.17, 15) is 9.59 Å². The fourth-order valence-corrected chi connectivity index (χ4v) is 3.85.